The third-order valence-electron chi connectivity index (χ3n) is 2.72. The van der Waals surface area contributed by atoms with Crippen molar-refractivity contribution in [1.29, 1.82) is 0 Å². The first-order chi connectivity index (χ1) is 8.30. The van der Waals surface area contributed by atoms with Crippen LogP contribution in [0.5, 0.6) is 0 Å². The van der Waals surface area contributed by atoms with E-state index in [-0.39, 0.29) is 17.4 Å². The minimum atomic E-state index is -0.371. The van der Waals surface area contributed by atoms with Crippen LogP contribution in [0.3, 0.4) is 0 Å². The highest BCUT2D eigenvalue weighted by Crippen LogP contribution is 2.21. The molecule has 0 radical (unpaired) electrons. The van der Waals surface area contributed by atoms with Crippen molar-refractivity contribution >= 4 is 11.6 Å². The largest absolute Gasteiger partial charge is 0.399 e. The molecule has 0 fully saturated rings. The SMILES string of the molecule is CC(O)CC(C)(C)CNC(=O)c1cccc(N)c1. The number of carbonyl (C=O) groups is 1. The molecular weight excluding hydrogens is 228 g/mol. The fraction of sp³-hybridized carbons (Fsp3) is 0.500. The summed E-state index contributed by atoms with van der Waals surface area (Å²) in [6.07, 6.45) is 0.272. The Labute approximate surface area is 108 Å². The average molecular weight is 250 g/mol. The Balaban J connectivity index is 2.56. The number of nitrogen functional groups attached to an aromatic ring is 1. The van der Waals surface area contributed by atoms with Crippen LogP contribution in [0.1, 0.15) is 37.6 Å². The Kier molecular flexibility index (Phi) is 4.73. The molecule has 0 aromatic heterocycles. The number of nitrogens with one attached hydrogen (secondary N) is 1. The lowest BCUT2D eigenvalue weighted by atomic mass is 9.87. The van der Waals surface area contributed by atoms with Gasteiger partial charge in [-0.15, -0.1) is 0 Å². The standard InChI is InChI=1S/C14H22N2O2/c1-10(17)8-14(2,3)9-16-13(18)11-5-4-6-12(15)7-11/h4-7,10,17H,8-9,15H2,1-3H3,(H,16,18). The van der Waals surface area contributed by atoms with Crippen molar-refractivity contribution in [2.45, 2.75) is 33.3 Å². The number of carbonyl (C=O) groups excluding carboxylic acids is 1. The lowest BCUT2D eigenvalue weighted by Gasteiger charge is -2.26. The highest BCUT2D eigenvalue weighted by molar-refractivity contribution is 5.94. The van der Waals surface area contributed by atoms with E-state index < -0.39 is 0 Å². The van der Waals surface area contributed by atoms with Gasteiger partial charge >= 0.3 is 0 Å². The summed E-state index contributed by atoms with van der Waals surface area (Å²) < 4.78 is 0. The molecule has 1 unspecified atom stereocenters. The van der Waals surface area contributed by atoms with Crippen molar-refractivity contribution in [2.24, 2.45) is 5.41 Å². The van der Waals surface area contributed by atoms with Gasteiger partial charge in [-0.3, -0.25) is 4.79 Å². The predicted molar refractivity (Wildman–Crippen MR) is 73.3 cm³/mol. The molecule has 0 aliphatic carbocycles. The number of rotatable bonds is 5. The Morgan fingerprint density at radius 3 is 2.72 bits per heavy atom. The van der Waals surface area contributed by atoms with Gasteiger partial charge in [0.2, 0.25) is 0 Å². The Bertz CT molecular complexity index is 414. The number of anilines is 1. The van der Waals surface area contributed by atoms with Gasteiger partial charge in [0, 0.05) is 17.8 Å². The zero-order chi connectivity index (χ0) is 13.8. The molecule has 0 saturated carbocycles. The maximum atomic E-state index is 11.9. The molecule has 1 aromatic rings. The normalized spacial score (nSPS) is 13.1. The minimum Gasteiger partial charge on any atom is -0.399 e. The molecule has 100 valence electrons. The monoisotopic (exact) mass is 250 g/mol. The molecular formula is C14H22N2O2. The van der Waals surface area contributed by atoms with Gasteiger partial charge in [-0.1, -0.05) is 19.9 Å². The molecule has 0 saturated heterocycles. The van der Waals surface area contributed by atoms with E-state index in [1.165, 1.54) is 0 Å². The smallest absolute Gasteiger partial charge is 0.251 e. The van der Waals surface area contributed by atoms with Crippen molar-refractivity contribution in [1.82, 2.24) is 5.32 Å². The van der Waals surface area contributed by atoms with Crippen LogP contribution < -0.4 is 11.1 Å². The van der Waals surface area contributed by atoms with Gasteiger partial charge in [-0.2, -0.15) is 0 Å². The maximum Gasteiger partial charge on any atom is 0.251 e. The molecule has 1 aromatic carbocycles. The average Bonchev–Trinajstić information content (AvgIpc) is 2.24. The van der Waals surface area contributed by atoms with Gasteiger partial charge in [0.15, 0.2) is 0 Å². The molecule has 1 atom stereocenters. The van der Waals surface area contributed by atoms with E-state index in [9.17, 15) is 9.90 Å². The predicted octanol–water partition coefficient (Wildman–Crippen LogP) is 1.80. The summed E-state index contributed by atoms with van der Waals surface area (Å²) in [5.74, 6) is -0.138. The van der Waals surface area contributed by atoms with E-state index in [4.69, 9.17) is 5.73 Å². The third-order valence-corrected chi connectivity index (χ3v) is 2.72. The quantitative estimate of drug-likeness (QED) is 0.697. The van der Waals surface area contributed by atoms with Crippen molar-refractivity contribution in [3.63, 3.8) is 0 Å². The maximum absolute atomic E-state index is 11.9. The van der Waals surface area contributed by atoms with Gasteiger partial charge in [0.05, 0.1) is 6.10 Å². The van der Waals surface area contributed by atoms with Crippen molar-refractivity contribution < 1.29 is 9.90 Å². The number of benzene rings is 1. The van der Waals surface area contributed by atoms with Crippen LogP contribution >= 0.6 is 0 Å². The lowest BCUT2D eigenvalue weighted by Crippen LogP contribution is -2.35. The molecule has 1 rings (SSSR count). The molecule has 4 N–H and O–H groups in total. The van der Waals surface area contributed by atoms with Crippen LogP contribution in [0.15, 0.2) is 24.3 Å². The second-order valence-electron chi connectivity index (χ2n) is 5.53. The van der Waals surface area contributed by atoms with E-state index in [1.54, 1.807) is 31.2 Å². The Morgan fingerprint density at radius 2 is 2.17 bits per heavy atom. The fourth-order valence-corrected chi connectivity index (χ4v) is 1.97. The van der Waals surface area contributed by atoms with Gasteiger partial charge in [0.1, 0.15) is 0 Å². The molecule has 0 spiro atoms. The second kappa shape index (κ2) is 5.87. The second-order valence-corrected chi connectivity index (χ2v) is 5.53. The van der Waals surface area contributed by atoms with E-state index in [1.807, 2.05) is 13.8 Å². The first-order valence-electron chi connectivity index (χ1n) is 6.12. The van der Waals surface area contributed by atoms with Crippen LogP contribution in [0.2, 0.25) is 0 Å². The van der Waals surface area contributed by atoms with Crippen molar-refractivity contribution in [3.8, 4) is 0 Å². The van der Waals surface area contributed by atoms with Crippen LogP contribution in [0, 0.1) is 5.41 Å². The molecule has 0 bridgehead atoms. The highest BCUT2D eigenvalue weighted by atomic mass is 16.3. The summed E-state index contributed by atoms with van der Waals surface area (Å²) in [6, 6.07) is 6.88. The van der Waals surface area contributed by atoms with E-state index >= 15 is 0 Å². The highest BCUT2D eigenvalue weighted by Gasteiger charge is 2.21. The summed E-state index contributed by atoms with van der Waals surface area (Å²) in [5.41, 5.74) is 6.63. The van der Waals surface area contributed by atoms with Crippen LogP contribution in [0.4, 0.5) is 5.69 Å². The molecule has 4 heteroatoms. The number of hydrogen-bond acceptors (Lipinski definition) is 3. The molecule has 4 nitrogen and oxygen atoms in total. The molecule has 0 heterocycles. The summed E-state index contributed by atoms with van der Waals surface area (Å²) in [4.78, 5) is 11.9. The Morgan fingerprint density at radius 1 is 1.50 bits per heavy atom. The van der Waals surface area contributed by atoms with Crippen LogP contribution in [0.25, 0.3) is 0 Å². The number of aliphatic hydroxyl groups excluding tert-OH is 1. The van der Waals surface area contributed by atoms with Crippen LogP contribution in [-0.2, 0) is 0 Å². The number of hydrogen-bond donors (Lipinski definition) is 3. The first kappa shape index (κ1) is 14.5. The molecule has 18 heavy (non-hydrogen) atoms. The first-order valence-corrected chi connectivity index (χ1v) is 6.12. The summed E-state index contributed by atoms with van der Waals surface area (Å²) >= 11 is 0. The minimum absolute atomic E-state index is 0.135. The molecule has 0 aliphatic heterocycles. The van der Waals surface area contributed by atoms with E-state index in [0.717, 1.165) is 0 Å². The van der Waals surface area contributed by atoms with E-state index in [0.29, 0.717) is 24.2 Å². The topological polar surface area (TPSA) is 75.3 Å². The summed E-state index contributed by atoms with van der Waals surface area (Å²) in [6.45, 7) is 6.30. The van der Waals surface area contributed by atoms with E-state index in [2.05, 4.69) is 5.32 Å². The number of nitrogens with two attached hydrogens (primary N) is 1. The van der Waals surface area contributed by atoms with Gasteiger partial charge in [-0.05, 0) is 37.0 Å². The Hall–Kier alpha value is -1.55. The summed E-state index contributed by atoms with van der Waals surface area (Å²) in [7, 11) is 0. The van der Waals surface area contributed by atoms with Crippen LogP contribution in [-0.4, -0.2) is 23.7 Å². The fourth-order valence-electron chi connectivity index (χ4n) is 1.97. The van der Waals surface area contributed by atoms with Crippen molar-refractivity contribution in [3.05, 3.63) is 29.8 Å². The van der Waals surface area contributed by atoms with Gasteiger partial charge in [-0.25, -0.2) is 0 Å². The van der Waals surface area contributed by atoms with Gasteiger partial charge in [0.25, 0.3) is 5.91 Å². The lowest BCUT2D eigenvalue weighted by molar-refractivity contribution is 0.0902. The van der Waals surface area contributed by atoms with Gasteiger partial charge < -0.3 is 16.2 Å². The zero-order valence-electron chi connectivity index (χ0n) is 11.2. The third kappa shape index (κ3) is 4.75. The van der Waals surface area contributed by atoms with Crippen molar-refractivity contribution in [2.75, 3.05) is 12.3 Å². The molecule has 0 aliphatic rings. The summed E-state index contributed by atoms with van der Waals surface area (Å²) in [5, 5.41) is 12.2. The zero-order valence-corrected chi connectivity index (χ0v) is 11.2. The number of aliphatic hydroxyl groups is 1. The number of amides is 1. The molecule has 1 amide bonds.